The number of rotatable bonds is 7. The summed E-state index contributed by atoms with van der Waals surface area (Å²) in [5.74, 6) is 0.162. The summed E-state index contributed by atoms with van der Waals surface area (Å²) in [6, 6.07) is 16.5. The van der Waals surface area contributed by atoms with Crippen molar-refractivity contribution in [3.05, 3.63) is 88.9 Å². The Kier molecular flexibility index (Phi) is 5.70. The molecule has 1 aliphatic heterocycles. The van der Waals surface area contributed by atoms with E-state index in [1.54, 1.807) is 29.3 Å². The number of fused-ring (bicyclic) bond motifs is 1. The molecule has 0 bridgehead atoms. The van der Waals surface area contributed by atoms with E-state index in [1.165, 1.54) is 7.11 Å². The Morgan fingerprint density at radius 2 is 1.97 bits per heavy atom. The van der Waals surface area contributed by atoms with E-state index in [0.29, 0.717) is 47.8 Å². The highest BCUT2D eigenvalue weighted by molar-refractivity contribution is 5.98. The molecule has 4 rings (SSSR count). The fourth-order valence-corrected chi connectivity index (χ4v) is 3.45. The monoisotopic (exact) mass is 402 g/mol. The molecule has 1 aliphatic rings. The molecule has 0 spiro atoms. The molecule has 0 radical (unpaired) electrons. The number of aromatic nitrogens is 2. The molecule has 7 nitrogen and oxygen atoms in total. The average Bonchev–Trinajstić information content (AvgIpc) is 3.11. The summed E-state index contributed by atoms with van der Waals surface area (Å²) < 4.78 is 5.41. The van der Waals surface area contributed by atoms with E-state index in [2.05, 4.69) is 15.3 Å². The standard InChI is InChI=1S/C23H22N4O3/c1-30-22-17(14-25-21(28)16-7-3-2-4-8-16)13-19-20(26-22)15-27(23(19)29)12-10-18-9-5-6-11-24-18/h2-9,11,13H,10,12,14-15H2,1H3,(H,25,28). The number of carbonyl (C=O) groups is 2. The number of methoxy groups -OCH3 is 1. The number of benzene rings is 1. The van der Waals surface area contributed by atoms with Crippen LogP contribution in [-0.2, 0) is 19.5 Å². The highest BCUT2D eigenvalue weighted by Gasteiger charge is 2.30. The Labute approximate surface area is 174 Å². The van der Waals surface area contributed by atoms with Crippen molar-refractivity contribution in [2.45, 2.75) is 19.5 Å². The predicted molar refractivity (Wildman–Crippen MR) is 111 cm³/mol. The van der Waals surface area contributed by atoms with Crippen molar-refractivity contribution in [2.75, 3.05) is 13.7 Å². The van der Waals surface area contributed by atoms with Gasteiger partial charge in [0, 0.05) is 42.5 Å². The zero-order valence-corrected chi connectivity index (χ0v) is 16.7. The molecule has 3 aromatic rings. The van der Waals surface area contributed by atoms with E-state index in [0.717, 1.165) is 5.69 Å². The molecule has 3 heterocycles. The summed E-state index contributed by atoms with van der Waals surface area (Å²) in [7, 11) is 1.53. The average molecular weight is 402 g/mol. The lowest BCUT2D eigenvalue weighted by molar-refractivity contribution is 0.0779. The largest absolute Gasteiger partial charge is 0.481 e. The molecular weight excluding hydrogens is 380 g/mol. The van der Waals surface area contributed by atoms with Gasteiger partial charge in [-0.3, -0.25) is 14.6 Å². The van der Waals surface area contributed by atoms with E-state index in [1.807, 2.05) is 36.4 Å². The van der Waals surface area contributed by atoms with Gasteiger partial charge in [-0.05, 0) is 30.3 Å². The molecule has 1 aromatic carbocycles. The van der Waals surface area contributed by atoms with Crippen LogP contribution in [0.2, 0.25) is 0 Å². The van der Waals surface area contributed by atoms with Gasteiger partial charge in [0.05, 0.1) is 24.9 Å². The summed E-state index contributed by atoms with van der Waals surface area (Å²) in [5.41, 5.74) is 3.43. The van der Waals surface area contributed by atoms with Crippen LogP contribution in [0.1, 0.15) is 37.7 Å². The van der Waals surface area contributed by atoms with E-state index in [4.69, 9.17) is 4.74 Å². The van der Waals surface area contributed by atoms with Gasteiger partial charge in [0.25, 0.3) is 11.8 Å². The Bertz CT molecular complexity index is 1050. The molecule has 2 amide bonds. The van der Waals surface area contributed by atoms with Gasteiger partial charge in [-0.15, -0.1) is 0 Å². The van der Waals surface area contributed by atoms with Crippen LogP contribution in [0.5, 0.6) is 5.88 Å². The first-order chi connectivity index (χ1) is 14.7. The summed E-state index contributed by atoms with van der Waals surface area (Å²) >= 11 is 0. The molecule has 0 unspecified atom stereocenters. The maximum atomic E-state index is 12.9. The molecule has 0 atom stereocenters. The van der Waals surface area contributed by atoms with Gasteiger partial charge in [0.2, 0.25) is 5.88 Å². The molecule has 1 N–H and O–H groups in total. The second-order valence-electron chi connectivity index (χ2n) is 7.00. The van der Waals surface area contributed by atoms with Gasteiger partial charge in [0.15, 0.2) is 0 Å². The van der Waals surface area contributed by atoms with E-state index in [-0.39, 0.29) is 18.4 Å². The van der Waals surface area contributed by atoms with Crippen LogP contribution in [0.4, 0.5) is 0 Å². The highest BCUT2D eigenvalue weighted by Crippen LogP contribution is 2.27. The lowest BCUT2D eigenvalue weighted by atomic mass is 10.1. The Balaban J connectivity index is 1.46. The predicted octanol–water partition coefficient (Wildman–Crippen LogP) is 2.61. The second-order valence-corrected chi connectivity index (χ2v) is 7.00. The summed E-state index contributed by atoms with van der Waals surface area (Å²) in [4.78, 5) is 35.8. The first kappa shape index (κ1) is 19.6. The Morgan fingerprint density at radius 1 is 1.17 bits per heavy atom. The molecule has 2 aromatic heterocycles. The SMILES string of the molecule is COc1nc2c(cc1CNC(=O)c1ccccc1)C(=O)N(CCc1ccccn1)C2. The van der Waals surface area contributed by atoms with Gasteiger partial charge >= 0.3 is 0 Å². The Morgan fingerprint density at radius 3 is 2.70 bits per heavy atom. The van der Waals surface area contributed by atoms with Crippen molar-refractivity contribution >= 4 is 11.8 Å². The zero-order chi connectivity index (χ0) is 20.9. The fourth-order valence-electron chi connectivity index (χ4n) is 3.45. The minimum absolute atomic E-state index is 0.0632. The number of carbonyl (C=O) groups excluding carboxylic acids is 2. The fraction of sp³-hybridized carbons (Fsp3) is 0.217. The van der Waals surface area contributed by atoms with Crippen LogP contribution in [0.25, 0.3) is 0 Å². The highest BCUT2D eigenvalue weighted by atomic mass is 16.5. The normalized spacial score (nSPS) is 12.6. The van der Waals surface area contributed by atoms with Gasteiger partial charge in [-0.1, -0.05) is 24.3 Å². The number of hydrogen-bond acceptors (Lipinski definition) is 5. The number of pyridine rings is 2. The molecule has 0 fully saturated rings. The zero-order valence-electron chi connectivity index (χ0n) is 16.7. The van der Waals surface area contributed by atoms with Crippen LogP contribution in [0.15, 0.2) is 60.8 Å². The van der Waals surface area contributed by atoms with Gasteiger partial charge < -0.3 is 15.0 Å². The number of ether oxygens (including phenoxy) is 1. The Hall–Kier alpha value is -3.74. The van der Waals surface area contributed by atoms with Crippen molar-refractivity contribution in [3.8, 4) is 5.88 Å². The van der Waals surface area contributed by atoms with Crippen LogP contribution < -0.4 is 10.1 Å². The summed E-state index contributed by atoms with van der Waals surface area (Å²) in [6.45, 7) is 1.22. The van der Waals surface area contributed by atoms with E-state index >= 15 is 0 Å². The summed E-state index contributed by atoms with van der Waals surface area (Å²) in [6.07, 6.45) is 2.43. The smallest absolute Gasteiger partial charge is 0.256 e. The maximum Gasteiger partial charge on any atom is 0.256 e. The number of nitrogens with one attached hydrogen (secondary N) is 1. The van der Waals surface area contributed by atoms with E-state index in [9.17, 15) is 9.59 Å². The first-order valence-corrected chi connectivity index (χ1v) is 9.75. The quantitative estimate of drug-likeness (QED) is 0.657. The van der Waals surface area contributed by atoms with Gasteiger partial charge in [-0.2, -0.15) is 0 Å². The number of nitrogens with zero attached hydrogens (tertiary/aromatic N) is 3. The topological polar surface area (TPSA) is 84.4 Å². The van der Waals surface area contributed by atoms with Crippen LogP contribution in [0, 0.1) is 0 Å². The number of amides is 2. The van der Waals surface area contributed by atoms with Crippen LogP contribution in [0.3, 0.4) is 0 Å². The molecule has 0 saturated heterocycles. The van der Waals surface area contributed by atoms with Crippen molar-refractivity contribution in [1.29, 1.82) is 0 Å². The maximum absolute atomic E-state index is 12.9. The molecule has 0 saturated carbocycles. The number of hydrogen-bond donors (Lipinski definition) is 1. The van der Waals surface area contributed by atoms with Crippen molar-refractivity contribution in [1.82, 2.24) is 20.2 Å². The van der Waals surface area contributed by atoms with Crippen molar-refractivity contribution < 1.29 is 14.3 Å². The van der Waals surface area contributed by atoms with Crippen molar-refractivity contribution in [2.24, 2.45) is 0 Å². The van der Waals surface area contributed by atoms with E-state index < -0.39 is 0 Å². The van der Waals surface area contributed by atoms with Crippen LogP contribution >= 0.6 is 0 Å². The molecular formula is C23H22N4O3. The molecule has 30 heavy (non-hydrogen) atoms. The molecule has 152 valence electrons. The third-order valence-corrected chi connectivity index (χ3v) is 5.03. The van der Waals surface area contributed by atoms with Crippen LogP contribution in [-0.4, -0.2) is 40.3 Å². The molecule has 7 heteroatoms. The lowest BCUT2D eigenvalue weighted by Gasteiger charge is -2.14. The van der Waals surface area contributed by atoms with Gasteiger partial charge in [-0.25, -0.2) is 4.98 Å². The minimum Gasteiger partial charge on any atom is -0.481 e. The third-order valence-electron chi connectivity index (χ3n) is 5.03. The summed E-state index contributed by atoms with van der Waals surface area (Å²) in [5, 5.41) is 2.86. The van der Waals surface area contributed by atoms with Crippen molar-refractivity contribution in [3.63, 3.8) is 0 Å². The van der Waals surface area contributed by atoms with Gasteiger partial charge in [0.1, 0.15) is 0 Å². The molecule has 0 aliphatic carbocycles. The third kappa shape index (κ3) is 4.15. The minimum atomic E-state index is -0.193. The first-order valence-electron chi connectivity index (χ1n) is 9.75. The second kappa shape index (κ2) is 8.73. The lowest BCUT2D eigenvalue weighted by Crippen LogP contribution is -2.26.